The number of rotatable bonds is 8. The van der Waals surface area contributed by atoms with Crippen molar-refractivity contribution in [2.75, 3.05) is 13.2 Å². The van der Waals surface area contributed by atoms with Gasteiger partial charge in [-0.25, -0.2) is 0 Å². The third-order valence-electron chi connectivity index (χ3n) is 3.01. The summed E-state index contributed by atoms with van der Waals surface area (Å²) in [4.78, 5) is 0. The van der Waals surface area contributed by atoms with Gasteiger partial charge in [-0.05, 0) is 32.8 Å². The Balaban J connectivity index is 2.37. The molecule has 4 heteroatoms. The molecular formula is C13H25N3O. The topological polar surface area (TPSA) is 53.1 Å². The molecule has 0 saturated heterocycles. The van der Waals surface area contributed by atoms with E-state index in [-0.39, 0.29) is 6.04 Å². The van der Waals surface area contributed by atoms with E-state index in [0.29, 0.717) is 6.04 Å². The predicted octanol–water partition coefficient (Wildman–Crippen LogP) is 2.15. The summed E-state index contributed by atoms with van der Waals surface area (Å²) < 4.78 is 7.32. The van der Waals surface area contributed by atoms with Gasteiger partial charge in [-0.15, -0.1) is 0 Å². The highest BCUT2D eigenvalue weighted by atomic mass is 16.5. The van der Waals surface area contributed by atoms with Gasteiger partial charge in [0.15, 0.2) is 0 Å². The molecule has 1 rings (SSSR count). The maximum Gasteiger partial charge on any atom is 0.0640 e. The van der Waals surface area contributed by atoms with Gasteiger partial charge < -0.3 is 10.5 Å². The molecule has 0 aliphatic heterocycles. The zero-order chi connectivity index (χ0) is 12.7. The minimum Gasteiger partial charge on any atom is -0.382 e. The van der Waals surface area contributed by atoms with Crippen LogP contribution in [0.5, 0.6) is 0 Å². The average Bonchev–Trinajstić information content (AvgIpc) is 2.77. The van der Waals surface area contributed by atoms with Crippen LogP contribution in [0, 0.1) is 0 Å². The first kappa shape index (κ1) is 14.2. The molecular weight excluding hydrogens is 214 g/mol. The molecule has 0 spiro atoms. The molecule has 0 aliphatic rings. The van der Waals surface area contributed by atoms with Crippen molar-refractivity contribution in [1.29, 1.82) is 0 Å². The largest absolute Gasteiger partial charge is 0.382 e. The fourth-order valence-electron chi connectivity index (χ4n) is 1.67. The second-order valence-electron chi connectivity index (χ2n) is 4.49. The van der Waals surface area contributed by atoms with E-state index in [1.54, 1.807) is 0 Å². The van der Waals surface area contributed by atoms with Crippen LogP contribution >= 0.6 is 0 Å². The summed E-state index contributed by atoms with van der Waals surface area (Å²) in [7, 11) is 0. The van der Waals surface area contributed by atoms with Crippen molar-refractivity contribution in [2.45, 2.75) is 52.1 Å². The molecule has 0 aliphatic carbocycles. The highest BCUT2D eigenvalue weighted by molar-refractivity contribution is 5.01. The first-order valence-electron chi connectivity index (χ1n) is 6.54. The van der Waals surface area contributed by atoms with E-state index in [2.05, 4.69) is 25.0 Å². The molecule has 1 heterocycles. The summed E-state index contributed by atoms with van der Waals surface area (Å²) in [6.07, 6.45) is 4.86. The van der Waals surface area contributed by atoms with Crippen LogP contribution < -0.4 is 5.73 Å². The van der Waals surface area contributed by atoms with Gasteiger partial charge in [0.2, 0.25) is 0 Å². The maximum atomic E-state index is 6.04. The summed E-state index contributed by atoms with van der Waals surface area (Å²) in [5, 5.41) is 4.55. The van der Waals surface area contributed by atoms with Crippen molar-refractivity contribution in [1.82, 2.24) is 9.78 Å². The van der Waals surface area contributed by atoms with Gasteiger partial charge in [0.1, 0.15) is 0 Å². The van der Waals surface area contributed by atoms with Crippen molar-refractivity contribution in [3.8, 4) is 0 Å². The number of aromatic nitrogens is 2. The van der Waals surface area contributed by atoms with Crippen LogP contribution in [0.25, 0.3) is 0 Å². The van der Waals surface area contributed by atoms with Gasteiger partial charge in [0, 0.05) is 37.9 Å². The molecule has 98 valence electrons. The van der Waals surface area contributed by atoms with Crippen LogP contribution in [0.15, 0.2) is 12.3 Å². The quantitative estimate of drug-likeness (QED) is 0.707. The Bertz CT molecular complexity index is 311. The lowest BCUT2D eigenvalue weighted by molar-refractivity contribution is 0.140. The monoisotopic (exact) mass is 239 g/mol. The third-order valence-corrected chi connectivity index (χ3v) is 3.01. The normalized spacial score (nSPS) is 14.8. The second kappa shape index (κ2) is 7.45. The molecule has 17 heavy (non-hydrogen) atoms. The molecule has 1 aromatic heterocycles. The Morgan fingerprint density at radius 1 is 1.47 bits per heavy atom. The lowest BCUT2D eigenvalue weighted by atomic mass is 10.1. The lowest BCUT2D eigenvalue weighted by Gasteiger charge is -2.10. The van der Waals surface area contributed by atoms with E-state index in [4.69, 9.17) is 10.5 Å². The molecule has 2 unspecified atom stereocenters. The predicted molar refractivity (Wildman–Crippen MR) is 70.0 cm³/mol. The van der Waals surface area contributed by atoms with E-state index in [1.807, 2.05) is 17.8 Å². The Labute approximate surface area is 104 Å². The van der Waals surface area contributed by atoms with Crippen LogP contribution in [-0.2, 0) is 11.2 Å². The fourth-order valence-corrected chi connectivity index (χ4v) is 1.67. The van der Waals surface area contributed by atoms with Gasteiger partial charge in [-0.3, -0.25) is 4.68 Å². The number of ether oxygens (including phenoxy) is 1. The van der Waals surface area contributed by atoms with E-state index < -0.39 is 0 Å². The van der Waals surface area contributed by atoms with Gasteiger partial charge in [-0.1, -0.05) is 6.92 Å². The second-order valence-corrected chi connectivity index (χ2v) is 4.49. The van der Waals surface area contributed by atoms with Crippen LogP contribution in [0.3, 0.4) is 0 Å². The van der Waals surface area contributed by atoms with E-state index in [1.165, 1.54) is 0 Å². The van der Waals surface area contributed by atoms with Crippen LogP contribution in [0.4, 0.5) is 0 Å². The minimum absolute atomic E-state index is 0.141. The van der Waals surface area contributed by atoms with Gasteiger partial charge in [0.25, 0.3) is 0 Å². The van der Waals surface area contributed by atoms with Crippen molar-refractivity contribution < 1.29 is 4.74 Å². The highest BCUT2D eigenvalue weighted by Crippen LogP contribution is 2.10. The summed E-state index contributed by atoms with van der Waals surface area (Å²) in [5.74, 6) is 0. The maximum absolute atomic E-state index is 6.04. The van der Waals surface area contributed by atoms with Crippen LogP contribution in [0.2, 0.25) is 0 Å². The zero-order valence-electron chi connectivity index (χ0n) is 11.2. The molecule has 1 aromatic rings. The Kier molecular flexibility index (Phi) is 6.22. The van der Waals surface area contributed by atoms with Crippen LogP contribution in [0.1, 0.15) is 45.3 Å². The lowest BCUT2D eigenvalue weighted by Crippen LogP contribution is -2.25. The molecule has 2 atom stereocenters. The number of nitrogens with two attached hydrogens (primary N) is 1. The van der Waals surface area contributed by atoms with Crippen molar-refractivity contribution in [2.24, 2.45) is 5.73 Å². The van der Waals surface area contributed by atoms with Gasteiger partial charge in [0.05, 0.1) is 5.69 Å². The standard InChI is InChI=1S/C13H25N3O/c1-4-11(3)16-8-6-13(15-16)10-12(14)7-9-17-5-2/h6,8,11-12H,4-5,7,9-10,14H2,1-3H3. The Morgan fingerprint density at radius 3 is 2.88 bits per heavy atom. The molecule has 0 saturated carbocycles. The van der Waals surface area contributed by atoms with Crippen molar-refractivity contribution >= 4 is 0 Å². The summed E-state index contributed by atoms with van der Waals surface area (Å²) in [6.45, 7) is 7.84. The smallest absolute Gasteiger partial charge is 0.0640 e. The molecule has 0 amide bonds. The molecule has 0 bridgehead atoms. The van der Waals surface area contributed by atoms with Crippen molar-refractivity contribution in [3.63, 3.8) is 0 Å². The summed E-state index contributed by atoms with van der Waals surface area (Å²) >= 11 is 0. The SMILES string of the molecule is CCOCCC(N)Cc1ccn(C(C)CC)n1. The summed E-state index contributed by atoms with van der Waals surface area (Å²) in [5.41, 5.74) is 7.11. The molecule has 4 nitrogen and oxygen atoms in total. The molecule has 0 radical (unpaired) electrons. The number of hydrogen-bond donors (Lipinski definition) is 1. The number of nitrogens with zero attached hydrogens (tertiary/aromatic N) is 2. The molecule has 0 aromatic carbocycles. The van der Waals surface area contributed by atoms with E-state index in [9.17, 15) is 0 Å². The first-order valence-corrected chi connectivity index (χ1v) is 6.54. The third kappa shape index (κ3) is 4.88. The Hall–Kier alpha value is -0.870. The van der Waals surface area contributed by atoms with Crippen molar-refractivity contribution in [3.05, 3.63) is 18.0 Å². The number of hydrogen-bond acceptors (Lipinski definition) is 3. The molecule has 0 fully saturated rings. The van der Waals surface area contributed by atoms with Gasteiger partial charge in [-0.2, -0.15) is 5.10 Å². The van der Waals surface area contributed by atoms with Crippen LogP contribution in [-0.4, -0.2) is 29.0 Å². The summed E-state index contributed by atoms with van der Waals surface area (Å²) in [6, 6.07) is 2.66. The average molecular weight is 239 g/mol. The van der Waals surface area contributed by atoms with E-state index in [0.717, 1.165) is 38.2 Å². The van der Waals surface area contributed by atoms with Gasteiger partial charge >= 0.3 is 0 Å². The zero-order valence-corrected chi connectivity index (χ0v) is 11.2. The minimum atomic E-state index is 0.141. The Morgan fingerprint density at radius 2 is 2.24 bits per heavy atom. The molecule has 2 N–H and O–H groups in total. The first-order chi connectivity index (χ1) is 8.17. The fraction of sp³-hybridized carbons (Fsp3) is 0.769. The highest BCUT2D eigenvalue weighted by Gasteiger charge is 2.08. The van der Waals surface area contributed by atoms with E-state index >= 15 is 0 Å².